The van der Waals surface area contributed by atoms with Crippen LogP contribution in [0.1, 0.15) is 27.5 Å². The van der Waals surface area contributed by atoms with Crippen LogP contribution in [0, 0.1) is 0 Å². The third-order valence-electron chi connectivity index (χ3n) is 6.60. The number of nitrogens with one attached hydrogen (secondary N) is 1. The van der Waals surface area contributed by atoms with Gasteiger partial charge in [-0.25, -0.2) is 4.79 Å². The topological polar surface area (TPSA) is 87.7 Å². The van der Waals surface area contributed by atoms with E-state index in [1.807, 2.05) is 30.3 Å². The molecule has 0 spiro atoms. The van der Waals surface area contributed by atoms with Gasteiger partial charge in [-0.05, 0) is 78.3 Å². The van der Waals surface area contributed by atoms with E-state index in [1.165, 1.54) is 7.11 Å². The molecule has 1 atom stereocenters. The molecule has 0 fully saturated rings. The van der Waals surface area contributed by atoms with Crippen molar-refractivity contribution < 1.29 is 33.2 Å². The van der Waals surface area contributed by atoms with E-state index in [0.29, 0.717) is 51.7 Å². The first kappa shape index (κ1) is 27.8. The zero-order valence-electron chi connectivity index (χ0n) is 22.6. The van der Waals surface area contributed by atoms with E-state index in [0.717, 1.165) is 17.5 Å². The van der Waals surface area contributed by atoms with E-state index in [1.54, 1.807) is 52.7 Å². The van der Waals surface area contributed by atoms with Gasteiger partial charge in [0.25, 0.3) is 0 Å². The number of anilines is 1. The number of esters is 1. The summed E-state index contributed by atoms with van der Waals surface area (Å²) in [5.74, 6) is 2.82. The van der Waals surface area contributed by atoms with Crippen molar-refractivity contribution in [2.75, 3.05) is 54.0 Å². The number of hydrogen-bond acceptors (Lipinski definition) is 8. The quantitative estimate of drug-likeness (QED) is 0.293. The van der Waals surface area contributed by atoms with Gasteiger partial charge in [0.2, 0.25) is 0 Å². The Morgan fingerprint density at radius 3 is 2.18 bits per heavy atom. The van der Waals surface area contributed by atoms with Crippen LogP contribution in [0.5, 0.6) is 28.7 Å². The maximum atomic E-state index is 11.8. The molecule has 1 aliphatic heterocycles. The van der Waals surface area contributed by atoms with Crippen molar-refractivity contribution in [1.82, 2.24) is 4.90 Å². The van der Waals surface area contributed by atoms with Crippen LogP contribution in [0.3, 0.4) is 0 Å². The number of carbonyl (C=O) groups is 1. The summed E-state index contributed by atoms with van der Waals surface area (Å²) in [7, 11) is 7.80. The molecule has 0 aromatic heterocycles. The lowest BCUT2D eigenvalue weighted by Gasteiger charge is -2.39. The molecule has 1 aliphatic rings. The summed E-state index contributed by atoms with van der Waals surface area (Å²) in [5, 5.41) is 3.84. The van der Waals surface area contributed by atoms with E-state index in [4.69, 9.17) is 40.6 Å². The van der Waals surface area contributed by atoms with Crippen molar-refractivity contribution in [1.29, 1.82) is 0 Å². The molecule has 0 saturated carbocycles. The van der Waals surface area contributed by atoms with Gasteiger partial charge in [0.1, 0.15) is 23.9 Å². The maximum Gasteiger partial charge on any atom is 0.337 e. The molecule has 1 heterocycles. The molecule has 1 N–H and O–H groups in total. The molecule has 206 valence electrons. The fourth-order valence-corrected chi connectivity index (χ4v) is 4.86. The van der Waals surface area contributed by atoms with Gasteiger partial charge in [-0.1, -0.05) is 0 Å². The first-order chi connectivity index (χ1) is 18.9. The van der Waals surface area contributed by atoms with E-state index in [2.05, 4.69) is 10.2 Å². The molecule has 4 rings (SSSR count). The Kier molecular flexibility index (Phi) is 8.98. The lowest BCUT2D eigenvalue weighted by atomic mass is 9.92. The number of thiocarbonyl (C=S) groups is 1. The summed E-state index contributed by atoms with van der Waals surface area (Å²) < 4.78 is 33.0. The lowest BCUT2D eigenvalue weighted by Crippen LogP contribution is -2.44. The highest BCUT2D eigenvalue weighted by Gasteiger charge is 2.32. The van der Waals surface area contributed by atoms with Crippen molar-refractivity contribution >= 4 is 29.0 Å². The van der Waals surface area contributed by atoms with E-state index in [9.17, 15) is 4.79 Å². The summed E-state index contributed by atoms with van der Waals surface area (Å²) in [5.41, 5.74) is 3.29. The summed E-state index contributed by atoms with van der Waals surface area (Å²) in [6.45, 7) is 0.938. The van der Waals surface area contributed by atoms with Crippen LogP contribution in [0.25, 0.3) is 0 Å². The van der Waals surface area contributed by atoms with E-state index < -0.39 is 5.97 Å². The maximum absolute atomic E-state index is 11.8. The normalized spacial score (nSPS) is 14.1. The Hall–Kier alpha value is -4.18. The third-order valence-corrected chi connectivity index (χ3v) is 6.93. The average Bonchev–Trinajstić information content (AvgIpc) is 2.98. The second kappa shape index (κ2) is 12.6. The molecule has 0 aliphatic carbocycles. The number of nitrogens with zero attached hydrogens (tertiary/aromatic N) is 1. The van der Waals surface area contributed by atoms with Crippen LogP contribution in [-0.4, -0.2) is 64.7 Å². The van der Waals surface area contributed by atoms with Gasteiger partial charge in [0.05, 0.1) is 52.8 Å². The first-order valence-electron chi connectivity index (χ1n) is 12.3. The standard InChI is InChI=1S/C29H32N2O7S/c1-33-21-10-11-25(34-2)23(15-21)30-29(39)31-13-12-19-14-26(35-3)27(36-4)16-22(19)24(31)17-38-20-8-6-18(7-9-20)28(32)37-5/h6-11,14-16,24H,12-13,17H2,1-5H3,(H,30,39). The average molecular weight is 553 g/mol. The van der Waals surface area contributed by atoms with Crippen molar-refractivity contribution in [3.63, 3.8) is 0 Å². The molecule has 0 radical (unpaired) electrons. The largest absolute Gasteiger partial charge is 0.497 e. The summed E-state index contributed by atoms with van der Waals surface area (Å²) in [6.07, 6.45) is 0.747. The molecule has 1 unspecified atom stereocenters. The molecule has 9 nitrogen and oxygen atoms in total. The van der Waals surface area contributed by atoms with E-state index in [-0.39, 0.29) is 12.6 Å². The Bertz CT molecular complexity index is 1330. The number of methoxy groups -OCH3 is 5. The Morgan fingerprint density at radius 1 is 0.872 bits per heavy atom. The number of carbonyl (C=O) groups excluding carboxylic acids is 1. The molecule has 10 heteroatoms. The predicted octanol–water partition coefficient (Wildman–Crippen LogP) is 4.88. The second-order valence-corrected chi connectivity index (χ2v) is 9.08. The molecular weight excluding hydrogens is 520 g/mol. The molecule has 0 bridgehead atoms. The molecular formula is C29H32N2O7S. The fraction of sp³-hybridized carbons (Fsp3) is 0.310. The Labute approximate surface area is 233 Å². The SMILES string of the molecule is COC(=O)c1ccc(OCC2c3cc(OC)c(OC)cc3CCN2C(=S)Nc2cc(OC)ccc2OC)cc1. The number of ether oxygens (including phenoxy) is 6. The highest BCUT2D eigenvalue weighted by atomic mass is 32.1. The van der Waals surface area contributed by atoms with Crippen molar-refractivity contribution in [3.8, 4) is 28.7 Å². The van der Waals surface area contributed by atoms with Gasteiger partial charge in [0, 0.05) is 12.6 Å². The van der Waals surface area contributed by atoms with E-state index >= 15 is 0 Å². The molecule has 0 amide bonds. The van der Waals surface area contributed by atoms with Crippen LogP contribution in [0.2, 0.25) is 0 Å². The van der Waals surface area contributed by atoms with Gasteiger partial charge in [-0.2, -0.15) is 0 Å². The monoisotopic (exact) mass is 552 g/mol. The molecule has 0 saturated heterocycles. The van der Waals surface area contributed by atoms with Gasteiger partial charge in [-0.15, -0.1) is 0 Å². The third kappa shape index (κ3) is 6.12. The van der Waals surface area contributed by atoms with Crippen molar-refractivity contribution in [2.24, 2.45) is 0 Å². The minimum atomic E-state index is -0.403. The smallest absolute Gasteiger partial charge is 0.337 e. The highest BCUT2D eigenvalue weighted by Crippen LogP contribution is 2.39. The van der Waals surface area contributed by atoms with Crippen LogP contribution in [0.15, 0.2) is 54.6 Å². The second-order valence-electron chi connectivity index (χ2n) is 8.69. The minimum Gasteiger partial charge on any atom is -0.497 e. The predicted molar refractivity (Wildman–Crippen MR) is 152 cm³/mol. The summed E-state index contributed by atoms with van der Waals surface area (Å²) >= 11 is 5.90. The van der Waals surface area contributed by atoms with Gasteiger partial charge < -0.3 is 38.6 Å². The number of benzene rings is 3. The Balaban J connectivity index is 1.64. The fourth-order valence-electron chi connectivity index (χ4n) is 4.53. The lowest BCUT2D eigenvalue weighted by molar-refractivity contribution is 0.0600. The van der Waals surface area contributed by atoms with Gasteiger partial charge in [-0.3, -0.25) is 0 Å². The van der Waals surface area contributed by atoms with Crippen molar-refractivity contribution in [3.05, 3.63) is 71.3 Å². The van der Waals surface area contributed by atoms with Gasteiger partial charge >= 0.3 is 5.97 Å². The van der Waals surface area contributed by atoms with Crippen LogP contribution in [0.4, 0.5) is 5.69 Å². The summed E-state index contributed by atoms with van der Waals surface area (Å²) in [6, 6.07) is 16.0. The molecule has 3 aromatic carbocycles. The number of fused-ring (bicyclic) bond motifs is 1. The summed E-state index contributed by atoms with van der Waals surface area (Å²) in [4.78, 5) is 13.9. The van der Waals surface area contributed by atoms with Crippen molar-refractivity contribution in [2.45, 2.75) is 12.5 Å². The van der Waals surface area contributed by atoms with Crippen LogP contribution >= 0.6 is 12.2 Å². The van der Waals surface area contributed by atoms with Gasteiger partial charge in [0.15, 0.2) is 16.6 Å². The Morgan fingerprint density at radius 2 is 1.54 bits per heavy atom. The molecule has 3 aromatic rings. The molecule has 39 heavy (non-hydrogen) atoms. The highest BCUT2D eigenvalue weighted by molar-refractivity contribution is 7.80. The first-order valence-corrected chi connectivity index (χ1v) is 12.7. The number of hydrogen-bond donors (Lipinski definition) is 1. The van der Waals surface area contributed by atoms with Crippen LogP contribution < -0.4 is 29.0 Å². The van der Waals surface area contributed by atoms with Crippen LogP contribution in [-0.2, 0) is 11.2 Å². The minimum absolute atomic E-state index is 0.245. The number of rotatable bonds is 9. The zero-order valence-corrected chi connectivity index (χ0v) is 23.4. The zero-order chi connectivity index (χ0) is 27.9.